The highest BCUT2D eigenvalue weighted by molar-refractivity contribution is 6.34. The molecule has 0 aromatic heterocycles. The van der Waals surface area contributed by atoms with Gasteiger partial charge < -0.3 is 10.6 Å². The molecule has 1 rings (SSSR count). The first-order valence-electron chi connectivity index (χ1n) is 6.20. The van der Waals surface area contributed by atoms with Crippen LogP contribution in [0, 0.1) is 10.1 Å². The van der Waals surface area contributed by atoms with Gasteiger partial charge in [-0.25, -0.2) is 0 Å². The molecule has 0 fully saturated rings. The zero-order chi connectivity index (χ0) is 15.5. The molecular formula is C13H18ClN3O3. The lowest BCUT2D eigenvalue weighted by atomic mass is 10.0. The van der Waals surface area contributed by atoms with Crippen molar-refractivity contribution in [3.8, 4) is 0 Å². The van der Waals surface area contributed by atoms with Gasteiger partial charge in [-0.2, -0.15) is 0 Å². The van der Waals surface area contributed by atoms with Gasteiger partial charge in [0.15, 0.2) is 0 Å². The van der Waals surface area contributed by atoms with E-state index in [-0.39, 0.29) is 33.4 Å². The lowest BCUT2D eigenvalue weighted by molar-refractivity contribution is -0.383. The Morgan fingerprint density at radius 1 is 1.45 bits per heavy atom. The van der Waals surface area contributed by atoms with Crippen molar-refractivity contribution in [2.75, 3.05) is 12.4 Å². The summed E-state index contributed by atoms with van der Waals surface area (Å²) < 4.78 is 0. The molecule has 0 unspecified atom stereocenters. The molecule has 0 atom stereocenters. The summed E-state index contributed by atoms with van der Waals surface area (Å²) in [4.78, 5) is 22.6. The van der Waals surface area contributed by atoms with Crippen LogP contribution in [-0.4, -0.2) is 23.4 Å². The largest absolute Gasteiger partial charge is 0.381 e. The molecular weight excluding hydrogens is 282 g/mol. The first-order valence-corrected chi connectivity index (χ1v) is 6.58. The summed E-state index contributed by atoms with van der Waals surface area (Å²) in [6, 6.07) is 2.64. The van der Waals surface area contributed by atoms with Crippen LogP contribution in [-0.2, 0) is 0 Å². The van der Waals surface area contributed by atoms with Crippen molar-refractivity contribution in [3.05, 3.63) is 32.8 Å². The van der Waals surface area contributed by atoms with Crippen molar-refractivity contribution in [1.29, 1.82) is 0 Å². The van der Waals surface area contributed by atoms with E-state index in [0.29, 0.717) is 0 Å². The third-order valence-electron chi connectivity index (χ3n) is 3.11. The van der Waals surface area contributed by atoms with Gasteiger partial charge in [0.25, 0.3) is 11.6 Å². The highest BCUT2D eigenvalue weighted by Crippen LogP contribution is 2.33. The van der Waals surface area contributed by atoms with Crippen LogP contribution in [0.4, 0.5) is 11.4 Å². The number of rotatable bonds is 5. The number of nitrogens with one attached hydrogen (secondary N) is 2. The number of carbonyl (C=O) groups excluding carboxylic acids is 1. The SMILES string of the molecule is CCC(C)(C)NC(=O)c1cc(Cl)c(NC)c([N+](=O)[O-])c1. The van der Waals surface area contributed by atoms with E-state index in [4.69, 9.17) is 11.6 Å². The van der Waals surface area contributed by atoms with Gasteiger partial charge >= 0.3 is 0 Å². The highest BCUT2D eigenvalue weighted by atomic mass is 35.5. The minimum atomic E-state index is -0.570. The van der Waals surface area contributed by atoms with Gasteiger partial charge in [-0.3, -0.25) is 14.9 Å². The molecule has 7 heteroatoms. The number of hydrogen-bond donors (Lipinski definition) is 2. The zero-order valence-electron chi connectivity index (χ0n) is 11.9. The maximum absolute atomic E-state index is 12.1. The Balaban J connectivity index is 3.21. The fourth-order valence-corrected chi connectivity index (χ4v) is 1.89. The van der Waals surface area contributed by atoms with E-state index < -0.39 is 4.92 Å². The second-order valence-electron chi connectivity index (χ2n) is 5.05. The number of amides is 1. The number of nitrogens with zero attached hydrogens (tertiary/aromatic N) is 1. The number of nitro benzene ring substituents is 1. The predicted octanol–water partition coefficient (Wildman–Crippen LogP) is 3.21. The normalized spacial score (nSPS) is 11.1. The molecule has 0 spiro atoms. The summed E-state index contributed by atoms with van der Waals surface area (Å²) in [5.74, 6) is -0.385. The van der Waals surface area contributed by atoms with E-state index in [1.807, 2.05) is 20.8 Å². The number of hydrogen-bond acceptors (Lipinski definition) is 4. The van der Waals surface area contributed by atoms with Crippen LogP contribution in [0.2, 0.25) is 5.02 Å². The number of benzene rings is 1. The molecule has 0 heterocycles. The predicted molar refractivity (Wildman–Crippen MR) is 79.5 cm³/mol. The minimum absolute atomic E-state index is 0.140. The number of carbonyl (C=O) groups is 1. The van der Waals surface area contributed by atoms with Gasteiger partial charge in [0, 0.05) is 24.2 Å². The minimum Gasteiger partial charge on any atom is -0.381 e. The molecule has 1 aromatic rings. The van der Waals surface area contributed by atoms with Crippen molar-refractivity contribution in [2.24, 2.45) is 0 Å². The van der Waals surface area contributed by atoms with Crippen LogP contribution in [0.25, 0.3) is 0 Å². The number of halogens is 1. The van der Waals surface area contributed by atoms with E-state index in [1.54, 1.807) is 0 Å². The molecule has 0 aliphatic rings. The van der Waals surface area contributed by atoms with Crippen LogP contribution < -0.4 is 10.6 Å². The summed E-state index contributed by atoms with van der Waals surface area (Å²) in [6.45, 7) is 5.70. The molecule has 0 bridgehead atoms. The van der Waals surface area contributed by atoms with Crippen LogP contribution >= 0.6 is 11.6 Å². The van der Waals surface area contributed by atoms with Crippen LogP contribution in [0.1, 0.15) is 37.6 Å². The first-order chi connectivity index (χ1) is 9.21. The van der Waals surface area contributed by atoms with Gasteiger partial charge in [0.2, 0.25) is 0 Å². The van der Waals surface area contributed by atoms with Crippen molar-refractivity contribution in [1.82, 2.24) is 5.32 Å². The number of anilines is 1. The van der Waals surface area contributed by atoms with E-state index in [0.717, 1.165) is 6.42 Å². The first kappa shape index (κ1) is 16.2. The smallest absolute Gasteiger partial charge is 0.294 e. The Morgan fingerprint density at radius 2 is 2.05 bits per heavy atom. The maximum Gasteiger partial charge on any atom is 0.294 e. The average molecular weight is 300 g/mol. The summed E-state index contributed by atoms with van der Waals surface area (Å²) in [5.41, 5.74) is -0.246. The van der Waals surface area contributed by atoms with E-state index in [9.17, 15) is 14.9 Å². The van der Waals surface area contributed by atoms with E-state index in [1.165, 1.54) is 19.2 Å². The van der Waals surface area contributed by atoms with Gasteiger partial charge in [-0.1, -0.05) is 18.5 Å². The Morgan fingerprint density at radius 3 is 2.50 bits per heavy atom. The molecule has 0 aliphatic carbocycles. The summed E-state index contributed by atoms with van der Waals surface area (Å²) in [5, 5.41) is 16.6. The lowest BCUT2D eigenvalue weighted by Crippen LogP contribution is -2.42. The van der Waals surface area contributed by atoms with Crippen molar-refractivity contribution < 1.29 is 9.72 Å². The fourth-order valence-electron chi connectivity index (χ4n) is 1.58. The molecule has 1 amide bonds. The van der Waals surface area contributed by atoms with Gasteiger partial charge in [-0.05, 0) is 26.3 Å². The Labute approximate surface area is 122 Å². The Bertz CT molecular complexity index is 544. The molecule has 110 valence electrons. The second kappa shape index (κ2) is 6.09. The molecule has 1 aromatic carbocycles. The molecule has 2 N–H and O–H groups in total. The van der Waals surface area contributed by atoms with Gasteiger partial charge in [0.05, 0.1) is 9.95 Å². The highest BCUT2D eigenvalue weighted by Gasteiger charge is 2.23. The van der Waals surface area contributed by atoms with Crippen LogP contribution in [0.15, 0.2) is 12.1 Å². The zero-order valence-corrected chi connectivity index (χ0v) is 12.7. The van der Waals surface area contributed by atoms with E-state index >= 15 is 0 Å². The summed E-state index contributed by atoms with van der Waals surface area (Å²) in [6.07, 6.45) is 0.739. The molecule has 0 aliphatic heterocycles. The van der Waals surface area contributed by atoms with Crippen molar-refractivity contribution >= 4 is 28.9 Å². The topological polar surface area (TPSA) is 84.3 Å². The van der Waals surface area contributed by atoms with Gasteiger partial charge in [0.1, 0.15) is 5.69 Å². The third kappa shape index (κ3) is 3.60. The second-order valence-corrected chi connectivity index (χ2v) is 5.46. The monoisotopic (exact) mass is 299 g/mol. The summed E-state index contributed by atoms with van der Waals surface area (Å²) >= 11 is 5.98. The van der Waals surface area contributed by atoms with Gasteiger partial charge in [-0.15, -0.1) is 0 Å². The summed E-state index contributed by atoms with van der Waals surface area (Å²) in [7, 11) is 1.54. The van der Waals surface area contributed by atoms with Crippen LogP contribution in [0.5, 0.6) is 0 Å². The molecule has 0 saturated carbocycles. The third-order valence-corrected chi connectivity index (χ3v) is 3.41. The standard InChI is InChI=1S/C13H18ClN3O3/c1-5-13(2,3)16-12(18)8-6-9(14)11(15-4)10(7-8)17(19)20/h6-7,15H,5H2,1-4H3,(H,16,18). The number of nitro groups is 1. The molecule has 0 saturated heterocycles. The Hall–Kier alpha value is -1.82. The average Bonchev–Trinajstić information content (AvgIpc) is 2.37. The lowest BCUT2D eigenvalue weighted by Gasteiger charge is -2.24. The van der Waals surface area contributed by atoms with Crippen molar-refractivity contribution in [2.45, 2.75) is 32.7 Å². The fraction of sp³-hybridized carbons (Fsp3) is 0.462. The Kier molecular flexibility index (Phi) is 4.94. The maximum atomic E-state index is 12.1. The molecule has 6 nitrogen and oxygen atoms in total. The van der Waals surface area contributed by atoms with Crippen LogP contribution in [0.3, 0.4) is 0 Å². The molecule has 0 radical (unpaired) electrons. The molecule has 20 heavy (non-hydrogen) atoms. The van der Waals surface area contributed by atoms with Crippen molar-refractivity contribution in [3.63, 3.8) is 0 Å². The quantitative estimate of drug-likeness (QED) is 0.646. The van der Waals surface area contributed by atoms with E-state index in [2.05, 4.69) is 10.6 Å².